The molecule has 2 aromatic carbocycles. The lowest BCUT2D eigenvalue weighted by atomic mass is 10.1. The number of alkyl halides is 3. The molecule has 0 bridgehead atoms. The fraction of sp³-hybridized carbons (Fsp3) is 0.200. The number of benzene rings is 2. The molecule has 0 aliphatic heterocycles. The van der Waals surface area contributed by atoms with E-state index in [1.54, 1.807) is 0 Å². The molecule has 0 atom stereocenters. The highest BCUT2D eigenvalue weighted by atomic mass is 19.4. The number of aromatic nitrogens is 5. The maximum absolute atomic E-state index is 12.9. The second kappa shape index (κ2) is 6.84. The summed E-state index contributed by atoms with van der Waals surface area (Å²) in [5.74, 6) is 0. The summed E-state index contributed by atoms with van der Waals surface area (Å²) in [4.78, 5) is 17.1. The van der Waals surface area contributed by atoms with E-state index in [2.05, 4.69) is 15.3 Å². The average molecular weight is 399 g/mol. The van der Waals surface area contributed by atoms with Crippen molar-refractivity contribution in [1.82, 2.24) is 24.5 Å². The van der Waals surface area contributed by atoms with Gasteiger partial charge in [0.2, 0.25) is 0 Å². The van der Waals surface area contributed by atoms with E-state index in [1.807, 2.05) is 32.0 Å². The highest BCUT2D eigenvalue weighted by Crippen LogP contribution is 2.29. The van der Waals surface area contributed by atoms with Crippen LogP contribution in [0.2, 0.25) is 0 Å². The summed E-state index contributed by atoms with van der Waals surface area (Å²) < 4.78 is 41.4. The normalized spacial score (nSPS) is 11.9. The molecule has 2 heterocycles. The first kappa shape index (κ1) is 18.9. The third-order valence-corrected chi connectivity index (χ3v) is 4.49. The van der Waals surface area contributed by atoms with Gasteiger partial charge >= 0.3 is 6.18 Å². The molecule has 6 nitrogen and oxygen atoms in total. The standard InChI is InChI=1S/C20H16F3N5O/c1-12-6-13(2)8-16(7-12)28-18-17(25-26-28)19(29)27(11-24-18)10-14-4-3-5-15(9-14)20(21,22)23/h3-9,11H,10H2,1-2H3. The molecule has 0 fully saturated rings. The van der Waals surface area contributed by atoms with Crippen LogP contribution in [0.25, 0.3) is 16.9 Å². The summed E-state index contributed by atoms with van der Waals surface area (Å²) >= 11 is 0. The molecular weight excluding hydrogens is 383 g/mol. The molecule has 0 saturated carbocycles. The van der Waals surface area contributed by atoms with Crippen molar-refractivity contribution in [3.63, 3.8) is 0 Å². The summed E-state index contributed by atoms with van der Waals surface area (Å²) in [6.07, 6.45) is -3.15. The Morgan fingerprint density at radius 1 is 1.03 bits per heavy atom. The van der Waals surface area contributed by atoms with Gasteiger partial charge in [0.25, 0.3) is 5.56 Å². The molecule has 0 N–H and O–H groups in total. The number of fused-ring (bicyclic) bond motifs is 1. The minimum Gasteiger partial charge on any atom is -0.293 e. The summed E-state index contributed by atoms with van der Waals surface area (Å²) in [5.41, 5.74) is 2.24. The van der Waals surface area contributed by atoms with Gasteiger partial charge < -0.3 is 0 Å². The minimum absolute atomic E-state index is 0.0535. The van der Waals surface area contributed by atoms with E-state index in [0.717, 1.165) is 28.9 Å². The van der Waals surface area contributed by atoms with E-state index >= 15 is 0 Å². The van der Waals surface area contributed by atoms with Crippen molar-refractivity contribution in [3.8, 4) is 5.69 Å². The van der Waals surface area contributed by atoms with Crippen molar-refractivity contribution in [2.75, 3.05) is 0 Å². The van der Waals surface area contributed by atoms with Crippen molar-refractivity contribution in [2.24, 2.45) is 0 Å². The van der Waals surface area contributed by atoms with Crippen molar-refractivity contribution < 1.29 is 13.2 Å². The van der Waals surface area contributed by atoms with Crippen LogP contribution in [0.5, 0.6) is 0 Å². The van der Waals surface area contributed by atoms with Crippen LogP contribution in [0.1, 0.15) is 22.3 Å². The number of nitrogens with zero attached hydrogens (tertiary/aromatic N) is 5. The SMILES string of the molecule is Cc1cc(C)cc(-n2nnc3c(=O)n(Cc4cccc(C(F)(F)F)c4)cnc32)c1. The monoisotopic (exact) mass is 399 g/mol. The van der Waals surface area contributed by atoms with Crippen LogP contribution in [0.3, 0.4) is 0 Å². The zero-order valence-electron chi connectivity index (χ0n) is 15.6. The van der Waals surface area contributed by atoms with Gasteiger partial charge in [0.15, 0.2) is 11.2 Å². The number of hydrogen-bond donors (Lipinski definition) is 0. The Labute approximate surface area is 163 Å². The van der Waals surface area contributed by atoms with Gasteiger partial charge in [0.1, 0.15) is 6.33 Å². The molecular formula is C20H16F3N5O. The van der Waals surface area contributed by atoms with E-state index in [4.69, 9.17) is 0 Å². The molecule has 0 radical (unpaired) electrons. The van der Waals surface area contributed by atoms with Crippen LogP contribution in [0.15, 0.2) is 53.6 Å². The predicted molar refractivity (Wildman–Crippen MR) is 101 cm³/mol. The fourth-order valence-electron chi connectivity index (χ4n) is 3.25. The van der Waals surface area contributed by atoms with Crippen molar-refractivity contribution >= 4 is 11.2 Å². The van der Waals surface area contributed by atoms with Crippen LogP contribution < -0.4 is 5.56 Å². The Bertz CT molecular complexity index is 1250. The lowest BCUT2D eigenvalue weighted by Crippen LogP contribution is -2.21. The Kier molecular flexibility index (Phi) is 4.45. The molecule has 0 spiro atoms. The fourth-order valence-corrected chi connectivity index (χ4v) is 3.25. The highest BCUT2D eigenvalue weighted by molar-refractivity contribution is 5.70. The van der Waals surface area contributed by atoms with Crippen molar-refractivity contribution in [1.29, 1.82) is 0 Å². The zero-order valence-corrected chi connectivity index (χ0v) is 15.6. The maximum Gasteiger partial charge on any atom is 0.416 e. The van der Waals surface area contributed by atoms with Crippen molar-refractivity contribution in [3.05, 3.63) is 81.4 Å². The topological polar surface area (TPSA) is 65.6 Å². The van der Waals surface area contributed by atoms with Crippen LogP contribution in [-0.2, 0) is 12.7 Å². The van der Waals surface area contributed by atoms with Gasteiger partial charge in [-0.15, -0.1) is 5.10 Å². The molecule has 0 aliphatic carbocycles. The van der Waals surface area contributed by atoms with Crippen LogP contribution in [-0.4, -0.2) is 24.5 Å². The van der Waals surface area contributed by atoms with Gasteiger partial charge in [-0.1, -0.05) is 23.4 Å². The van der Waals surface area contributed by atoms with Crippen LogP contribution in [0, 0.1) is 13.8 Å². The molecule has 4 aromatic rings. The van der Waals surface area contributed by atoms with Gasteiger partial charge in [0.05, 0.1) is 17.8 Å². The number of aryl methyl sites for hydroxylation is 2. The molecule has 0 saturated heterocycles. The van der Waals surface area contributed by atoms with Crippen LogP contribution in [0.4, 0.5) is 13.2 Å². The summed E-state index contributed by atoms with van der Waals surface area (Å²) in [6.45, 7) is 3.85. The first-order chi connectivity index (χ1) is 13.7. The van der Waals surface area contributed by atoms with E-state index < -0.39 is 17.3 Å². The Morgan fingerprint density at radius 3 is 2.45 bits per heavy atom. The van der Waals surface area contributed by atoms with Gasteiger partial charge in [-0.3, -0.25) is 9.36 Å². The minimum atomic E-state index is -4.45. The first-order valence-electron chi connectivity index (χ1n) is 8.78. The van der Waals surface area contributed by atoms with E-state index in [1.165, 1.54) is 27.7 Å². The molecule has 0 unspecified atom stereocenters. The first-order valence-corrected chi connectivity index (χ1v) is 8.78. The maximum atomic E-state index is 12.9. The molecule has 0 aliphatic rings. The predicted octanol–water partition coefficient (Wildman–Crippen LogP) is 3.66. The summed E-state index contributed by atoms with van der Waals surface area (Å²) in [6, 6.07) is 10.7. The average Bonchev–Trinajstić information content (AvgIpc) is 3.08. The van der Waals surface area contributed by atoms with Crippen LogP contribution >= 0.6 is 0 Å². The zero-order chi connectivity index (χ0) is 20.8. The van der Waals surface area contributed by atoms with E-state index in [0.29, 0.717) is 11.2 Å². The molecule has 0 amide bonds. The third kappa shape index (κ3) is 3.63. The van der Waals surface area contributed by atoms with E-state index in [9.17, 15) is 18.0 Å². The van der Waals surface area contributed by atoms with Gasteiger partial charge in [-0.25, -0.2) is 4.98 Å². The molecule has 9 heteroatoms. The number of rotatable bonds is 3. The molecule has 2 aromatic heterocycles. The lowest BCUT2D eigenvalue weighted by molar-refractivity contribution is -0.137. The van der Waals surface area contributed by atoms with E-state index in [-0.39, 0.29) is 12.1 Å². The quantitative estimate of drug-likeness (QED) is 0.527. The second-order valence-electron chi connectivity index (χ2n) is 6.90. The van der Waals surface area contributed by atoms with Gasteiger partial charge in [-0.05, 0) is 54.8 Å². The molecule has 29 heavy (non-hydrogen) atoms. The largest absolute Gasteiger partial charge is 0.416 e. The van der Waals surface area contributed by atoms with Gasteiger partial charge in [-0.2, -0.15) is 17.9 Å². The number of halogens is 3. The Balaban J connectivity index is 1.74. The summed E-state index contributed by atoms with van der Waals surface area (Å²) in [7, 11) is 0. The summed E-state index contributed by atoms with van der Waals surface area (Å²) in [5, 5.41) is 8.00. The number of hydrogen-bond acceptors (Lipinski definition) is 4. The van der Waals surface area contributed by atoms with Crippen molar-refractivity contribution in [2.45, 2.75) is 26.6 Å². The Hall–Kier alpha value is -3.49. The van der Waals surface area contributed by atoms with Gasteiger partial charge in [0, 0.05) is 0 Å². The molecule has 4 rings (SSSR count). The Morgan fingerprint density at radius 2 is 1.76 bits per heavy atom. The second-order valence-corrected chi connectivity index (χ2v) is 6.90. The lowest BCUT2D eigenvalue weighted by Gasteiger charge is -2.10. The third-order valence-electron chi connectivity index (χ3n) is 4.49. The highest BCUT2D eigenvalue weighted by Gasteiger charge is 2.30. The smallest absolute Gasteiger partial charge is 0.293 e. The molecule has 148 valence electrons.